The van der Waals surface area contributed by atoms with Crippen molar-refractivity contribution in [3.05, 3.63) is 108 Å². The van der Waals surface area contributed by atoms with Crippen LogP contribution in [0.5, 0.6) is 0 Å². The van der Waals surface area contributed by atoms with Crippen molar-refractivity contribution in [2.24, 2.45) is 4.99 Å². The van der Waals surface area contributed by atoms with Crippen molar-refractivity contribution in [2.75, 3.05) is 0 Å². The van der Waals surface area contributed by atoms with Crippen LogP contribution in [0.25, 0.3) is 0 Å². The molecule has 0 aliphatic carbocycles. The average Bonchev–Trinajstić information content (AvgIpc) is 2.69. The average molecular weight is 401 g/mol. The number of hydrogen-bond donors (Lipinski definition) is 0. The third-order valence-electron chi connectivity index (χ3n) is 4.23. The monoisotopic (exact) mass is 401 g/mol. The fraction of sp³-hybridized carbons (Fsp3) is 0.208. The van der Waals surface area contributed by atoms with Crippen LogP contribution in [0.3, 0.4) is 0 Å². The fourth-order valence-electron chi connectivity index (χ4n) is 2.90. The zero-order valence-electron chi connectivity index (χ0n) is 16.3. The molecule has 0 fully saturated rings. The second kappa shape index (κ2) is 10.6. The molecule has 152 valence electrons. The van der Waals surface area contributed by atoms with Crippen LogP contribution < -0.4 is 0 Å². The minimum atomic E-state index is -4.63. The lowest BCUT2D eigenvalue weighted by molar-refractivity contribution is -0.137. The van der Waals surface area contributed by atoms with E-state index in [0.29, 0.717) is 18.2 Å². The summed E-state index contributed by atoms with van der Waals surface area (Å²) in [5.41, 5.74) is 0.689. The van der Waals surface area contributed by atoms with Gasteiger partial charge in [-0.15, -0.1) is 0 Å². The molecular weight excluding hydrogens is 378 g/mol. The number of nitrogens with zero attached hydrogens (tertiary/aromatic N) is 1. The van der Waals surface area contributed by atoms with Gasteiger partial charge in [0.2, 0.25) is 0 Å². The zero-order valence-corrected chi connectivity index (χ0v) is 16.3. The maximum Gasteiger partial charge on any atom is 0.416 e. The second-order valence-corrected chi connectivity index (χ2v) is 6.43. The van der Waals surface area contributed by atoms with Gasteiger partial charge < -0.3 is 0 Å². The molecule has 1 nitrogen and oxygen atoms in total. The van der Waals surface area contributed by atoms with Gasteiger partial charge in [0.15, 0.2) is 0 Å². The third kappa shape index (κ3) is 6.86. The molecule has 0 heterocycles. The van der Waals surface area contributed by atoms with Crippen molar-refractivity contribution in [1.82, 2.24) is 0 Å². The molecule has 0 aliphatic heterocycles. The summed E-state index contributed by atoms with van der Waals surface area (Å²) in [5.74, 6) is -1.47. The normalized spacial score (nSPS) is 14.3. The van der Waals surface area contributed by atoms with Crippen molar-refractivity contribution in [1.29, 1.82) is 0 Å². The summed E-state index contributed by atoms with van der Waals surface area (Å²) in [5, 5.41) is 0. The summed E-state index contributed by atoms with van der Waals surface area (Å²) in [6.07, 6.45) is 6.22. The molecule has 0 radical (unpaired) electrons. The molecular formula is C24H23F4N. The Bertz CT molecular complexity index is 906. The first kappa shape index (κ1) is 22.3. The van der Waals surface area contributed by atoms with Gasteiger partial charge in [0.25, 0.3) is 0 Å². The van der Waals surface area contributed by atoms with Gasteiger partial charge >= 0.3 is 6.18 Å². The minimum Gasteiger partial charge on any atom is -0.261 e. The number of aliphatic imine (C=N–C) groups is 1. The van der Waals surface area contributed by atoms with E-state index in [1.54, 1.807) is 37.4 Å². The van der Waals surface area contributed by atoms with Crippen LogP contribution >= 0.6 is 0 Å². The Kier molecular flexibility index (Phi) is 8.13. The molecule has 0 aliphatic rings. The topological polar surface area (TPSA) is 12.4 Å². The Morgan fingerprint density at radius 1 is 1.00 bits per heavy atom. The van der Waals surface area contributed by atoms with Crippen molar-refractivity contribution in [3.8, 4) is 0 Å². The summed E-state index contributed by atoms with van der Waals surface area (Å²) >= 11 is 0. The molecule has 2 aromatic carbocycles. The molecule has 2 rings (SSSR count). The molecule has 0 aromatic heterocycles. The fourth-order valence-corrected chi connectivity index (χ4v) is 2.90. The van der Waals surface area contributed by atoms with E-state index < -0.39 is 23.5 Å². The first-order valence-electron chi connectivity index (χ1n) is 9.25. The van der Waals surface area contributed by atoms with Crippen molar-refractivity contribution >= 4 is 5.71 Å². The van der Waals surface area contributed by atoms with Crippen LogP contribution in [-0.4, -0.2) is 5.71 Å². The number of hydrogen-bond acceptors (Lipinski definition) is 1. The van der Waals surface area contributed by atoms with Crippen LogP contribution in [0.2, 0.25) is 0 Å². The summed E-state index contributed by atoms with van der Waals surface area (Å²) < 4.78 is 53.9. The van der Waals surface area contributed by atoms with E-state index in [-0.39, 0.29) is 5.56 Å². The lowest BCUT2D eigenvalue weighted by Crippen LogP contribution is -2.16. The lowest BCUT2D eigenvalue weighted by atomic mass is 9.86. The summed E-state index contributed by atoms with van der Waals surface area (Å²) in [4.78, 5) is 4.42. The van der Waals surface area contributed by atoms with Crippen LogP contribution in [0, 0.1) is 5.82 Å². The molecule has 0 spiro atoms. The van der Waals surface area contributed by atoms with Gasteiger partial charge in [-0.1, -0.05) is 54.6 Å². The first-order chi connectivity index (χ1) is 13.8. The SMILES string of the molecule is C/C=C/C=C\C(=N/C=C/C)C(Cc1ccccc1)c1cc(F)cc(C(F)(F)F)c1. The lowest BCUT2D eigenvalue weighted by Gasteiger charge is -2.20. The Labute approximate surface area is 168 Å². The molecule has 1 unspecified atom stereocenters. The number of allylic oxidation sites excluding steroid dienone is 5. The predicted octanol–water partition coefficient (Wildman–Crippen LogP) is 7.28. The number of rotatable bonds is 7. The molecule has 0 saturated carbocycles. The summed E-state index contributed by atoms with van der Waals surface area (Å²) in [6.45, 7) is 3.66. The van der Waals surface area contributed by atoms with E-state index in [2.05, 4.69) is 4.99 Å². The minimum absolute atomic E-state index is 0.231. The van der Waals surface area contributed by atoms with E-state index in [0.717, 1.165) is 17.7 Å². The van der Waals surface area contributed by atoms with Gasteiger partial charge in [-0.25, -0.2) is 4.39 Å². The molecule has 1 atom stereocenters. The Morgan fingerprint density at radius 2 is 1.72 bits per heavy atom. The van der Waals surface area contributed by atoms with Crippen molar-refractivity contribution in [2.45, 2.75) is 32.4 Å². The second-order valence-electron chi connectivity index (χ2n) is 6.43. The van der Waals surface area contributed by atoms with Gasteiger partial charge in [-0.2, -0.15) is 13.2 Å². The van der Waals surface area contributed by atoms with E-state index in [4.69, 9.17) is 0 Å². The Hall–Kier alpha value is -2.95. The highest BCUT2D eigenvalue weighted by molar-refractivity contribution is 6.01. The third-order valence-corrected chi connectivity index (χ3v) is 4.23. The molecule has 5 heteroatoms. The smallest absolute Gasteiger partial charge is 0.261 e. The van der Waals surface area contributed by atoms with E-state index in [9.17, 15) is 17.6 Å². The largest absolute Gasteiger partial charge is 0.416 e. The summed E-state index contributed by atoms with van der Waals surface area (Å²) in [6, 6.07) is 12.0. The molecule has 0 saturated heterocycles. The molecule has 2 aromatic rings. The van der Waals surface area contributed by atoms with E-state index in [1.165, 1.54) is 0 Å². The highest BCUT2D eigenvalue weighted by atomic mass is 19.4. The van der Waals surface area contributed by atoms with Crippen LogP contribution in [-0.2, 0) is 12.6 Å². The number of alkyl halides is 3. The standard InChI is InChI=1S/C24H23F4N/c1-3-5-7-12-23(29-13-4-2)22(14-18-10-8-6-9-11-18)19-15-20(24(26,27)28)17-21(25)16-19/h3-13,15-17,22H,14H2,1-2H3/b5-3+,12-7-,13-4+,29-23+. The van der Waals surface area contributed by atoms with Gasteiger partial charge in [0, 0.05) is 17.8 Å². The predicted molar refractivity (Wildman–Crippen MR) is 110 cm³/mol. The first-order valence-corrected chi connectivity index (χ1v) is 9.25. The number of benzene rings is 2. The Balaban J connectivity index is 2.61. The number of halogens is 4. The molecule has 0 bridgehead atoms. The van der Waals surface area contributed by atoms with Crippen molar-refractivity contribution < 1.29 is 17.6 Å². The molecule has 29 heavy (non-hydrogen) atoms. The molecule has 0 amide bonds. The van der Waals surface area contributed by atoms with E-state index in [1.807, 2.05) is 43.3 Å². The van der Waals surface area contributed by atoms with Crippen LogP contribution in [0.1, 0.15) is 36.5 Å². The van der Waals surface area contributed by atoms with Crippen LogP contribution in [0.4, 0.5) is 17.6 Å². The highest BCUT2D eigenvalue weighted by Gasteiger charge is 2.32. The van der Waals surface area contributed by atoms with Crippen molar-refractivity contribution in [3.63, 3.8) is 0 Å². The molecule has 0 N–H and O–H groups in total. The quantitative estimate of drug-likeness (QED) is 0.263. The maximum atomic E-state index is 14.1. The van der Waals surface area contributed by atoms with E-state index >= 15 is 0 Å². The zero-order chi connectivity index (χ0) is 21.3. The van der Waals surface area contributed by atoms with Gasteiger partial charge in [0.1, 0.15) is 5.82 Å². The highest BCUT2D eigenvalue weighted by Crippen LogP contribution is 2.33. The van der Waals surface area contributed by atoms with Crippen LogP contribution in [0.15, 0.2) is 90.1 Å². The Morgan fingerprint density at radius 3 is 2.34 bits per heavy atom. The van der Waals surface area contributed by atoms with Gasteiger partial charge in [0.05, 0.1) is 5.56 Å². The van der Waals surface area contributed by atoms with Gasteiger partial charge in [-0.05, 0) is 55.7 Å². The van der Waals surface area contributed by atoms with Gasteiger partial charge in [-0.3, -0.25) is 4.99 Å². The maximum absolute atomic E-state index is 14.1. The summed E-state index contributed by atoms with van der Waals surface area (Å²) in [7, 11) is 0.